The predicted molar refractivity (Wildman–Crippen MR) is 73.5 cm³/mol. The maximum absolute atomic E-state index is 12.9. The van der Waals surface area contributed by atoms with Crippen molar-refractivity contribution in [1.29, 1.82) is 0 Å². The lowest BCUT2D eigenvalue weighted by atomic mass is 9.97. The van der Waals surface area contributed by atoms with Gasteiger partial charge in [0.15, 0.2) is 0 Å². The van der Waals surface area contributed by atoms with Crippen molar-refractivity contribution in [3.8, 4) is 0 Å². The lowest BCUT2D eigenvalue weighted by molar-refractivity contribution is -0.131. The number of nitrogens with zero attached hydrogens (tertiary/aromatic N) is 1. The minimum Gasteiger partial charge on any atom is -0.339 e. The smallest absolute Gasteiger partial charge is 0.224 e. The van der Waals surface area contributed by atoms with Gasteiger partial charge in [-0.1, -0.05) is 12.1 Å². The number of likely N-dealkylation sites (tertiary alicyclic amines) is 1. The van der Waals surface area contributed by atoms with Gasteiger partial charge < -0.3 is 10.2 Å². The van der Waals surface area contributed by atoms with Crippen molar-refractivity contribution in [2.75, 3.05) is 20.1 Å². The van der Waals surface area contributed by atoms with Crippen molar-refractivity contribution >= 4 is 5.91 Å². The van der Waals surface area contributed by atoms with Crippen LogP contribution in [0.2, 0.25) is 0 Å². The number of carbonyl (C=O) groups is 1. The molecular weight excluding hydrogens is 243 g/mol. The van der Waals surface area contributed by atoms with E-state index in [1.54, 1.807) is 0 Å². The molecular formula is C15H21FN2O. The van der Waals surface area contributed by atoms with Gasteiger partial charge in [0, 0.05) is 31.5 Å². The van der Waals surface area contributed by atoms with Crippen molar-refractivity contribution in [3.05, 3.63) is 35.6 Å². The van der Waals surface area contributed by atoms with Crippen LogP contribution in [-0.4, -0.2) is 37.0 Å². The number of amides is 1. The highest BCUT2D eigenvalue weighted by Gasteiger charge is 2.32. The van der Waals surface area contributed by atoms with Gasteiger partial charge in [-0.05, 0) is 38.1 Å². The highest BCUT2D eigenvalue weighted by Crippen LogP contribution is 2.31. The van der Waals surface area contributed by atoms with E-state index in [0.29, 0.717) is 18.9 Å². The van der Waals surface area contributed by atoms with E-state index in [9.17, 15) is 9.18 Å². The topological polar surface area (TPSA) is 32.3 Å². The van der Waals surface area contributed by atoms with Crippen LogP contribution in [0.4, 0.5) is 4.39 Å². The molecule has 1 aliphatic rings. The number of carbonyl (C=O) groups excluding carboxylic acids is 1. The lowest BCUT2D eigenvalue weighted by Crippen LogP contribution is -2.35. The first-order valence-electron chi connectivity index (χ1n) is 6.81. The van der Waals surface area contributed by atoms with Gasteiger partial charge in [0.1, 0.15) is 5.82 Å². The monoisotopic (exact) mass is 264 g/mol. The summed E-state index contributed by atoms with van der Waals surface area (Å²) in [4.78, 5) is 14.0. The number of hydrogen-bond acceptors (Lipinski definition) is 2. The summed E-state index contributed by atoms with van der Waals surface area (Å²) < 4.78 is 12.9. The van der Waals surface area contributed by atoms with Crippen LogP contribution in [0.3, 0.4) is 0 Å². The first kappa shape index (κ1) is 14.0. The summed E-state index contributed by atoms with van der Waals surface area (Å²) in [5, 5.41) is 3.00. The number of benzene rings is 1. The second-order valence-electron chi connectivity index (χ2n) is 5.23. The molecule has 1 fully saturated rings. The molecule has 3 nitrogen and oxygen atoms in total. The van der Waals surface area contributed by atoms with Crippen molar-refractivity contribution in [2.24, 2.45) is 0 Å². The fourth-order valence-electron chi connectivity index (χ4n) is 2.73. The predicted octanol–water partition coefficient (Wildman–Crippen LogP) is 2.14. The molecule has 2 unspecified atom stereocenters. The zero-order valence-electron chi connectivity index (χ0n) is 11.5. The maximum atomic E-state index is 12.9. The molecule has 0 spiro atoms. The molecule has 2 atom stereocenters. The standard InChI is InChI=1S/C15H21FN2O/c1-11-9-13(12-3-5-14(16)6-4-12)10-18(11)15(19)7-8-17-2/h3-6,11,13,17H,7-10H2,1-2H3. The van der Waals surface area contributed by atoms with E-state index in [1.165, 1.54) is 12.1 Å². The third kappa shape index (κ3) is 3.32. The first-order chi connectivity index (χ1) is 9.11. The SMILES string of the molecule is CNCCC(=O)N1CC(c2ccc(F)cc2)CC1C. The molecule has 0 saturated carbocycles. The van der Waals surface area contributed by atoms with Crippen LogP contribution in [-0.2, 0) is 4.79 Å². The Kier molecular flexibility index (Phi) is 4.53. The molecule has 1 N–H and O–H groups in total. The third-order valence-corrected chi connectivity index (χ3v) is 3.83. The maximum Gasteiger partial charge on any atom is 0.224 e. The Morgan fingerprint density at radius 3 is 2.74 bits per heavy atom. The minimum atomic E-state index is -0.211. The molecule has 1 saturated heterocycles. The molecule has 1 heterocycles. The Morgan fingerprint density at radius 2 is 2.11 bits per heavy atom. The highest BCUT2D eigenvalue weighted by atomic mass is 19.1. The average Bonchev–Trinajstić information content (AvgIpc) is 2.79. The summed E-state index contributed by atoms with van der Waals surface area (Å²) in [5.41, 5.74) is 1.12. The van der Waals surface area contributed by atoms with Crippen LogP contribution >= 0.6 is 0 Å². The Hall–Kier alpha value is -1.42. The molecule has 1 aliphatic heterocycles. The fraction of sp³-hybridized carbons (Fsp3) is 0.533. The summed E-state index contributed by atoms with van der Waals surface area (Å²) >= 11 is 0. The van der Waals surface area contributed by atoms with Crippen LogP contribution in [0.25, 0.3) is 0 Å². The van der Waals surface area contributed by atoms with Gasteiger partial charge in [-0.2, -0.15) is 0 Å². The Morgan fingerprint density at radius 1 is 1.42 bits per heavy atom. The van der Waals surface area contributed by atoms with E-state index >= 15 is 0 Å². The van der Waals surface area contributed by atoms with E-state index in [0.717, 1.165) is 18.5 Å². The fourth-order valence-corrected chi connectivity index (χ4v) is 2.73. The summed E-state index contributed by atoms with van der Waals surface area (Å²) in [6, 6.07) is 6.90. The molecule has 0 bridgehead atoms. The number of rotatable bonds is 4. The summed E-state index contributed by atoms with van der Waals surface area (Å²) in [6.07, 6.45) is 1.49. The average molecular weight is 264 g/mol. The largest absolute Gasteiger partial charge is 0.339 e. The quantitative estimate of drug-likeness (QED) is 0.903. The normalized spacial score (nSPS) is 22.8. The summed E-state index contributed by atoms with van der Waals surface area (Å²) in [5.74, 6) is 0.317. The van der Waals surface area contributed by atoms with Crippen LogP contribution < -0.4 is 5.32 Å². The Labute approximate surface area is 113 Å². The summed E-state index contributed by atoms with van der Waals surface area (Å²) in [7, 11) is 1.85. The first-order valence-corrected chi connectivity index (χ1v) is 6.81. The molecule has 2 rings (SSSR count). The van der Waals surface area contributed by atoms with Gasteiger partial charge in [-0.15, -0.1) is 0 Å². The van der Waals surface area contributed by atoms with E-state index < -0.39 is 0 Å². The molecule has 4 heteroatoms. The molecule has 1 aromatic rings. The molecule has 1 aromatic carbocycles. The van der Waals surface area contributed by atoms with Gasteiger partial charge in [0.05, 0.1) is 0 Å². The van der Waals surface area contributed by atoms with Gasteiger partial charge >= 0.3 is 0 Å². The number of nitrogens with one attached hydrogen (secondary N) is 1. The third-order valence-electron chi connectivity index (χ3n) is 3.83. The molecule has 0 aliphatic carbocycles. The Balaban J connectivity index is 2.00. The van der Waals surface area contributed by atoms with Gasteiger partial charge in [-0.25, -0.2) is 4.39 Å². The molecule has 0 radical (unpaired) electrons. The van der Waals surface area contributed by atoms with Crippen LogP contribution in [0.15, 0.2) is 24.3 Å². The van der Waals surface area contributed by atoms with Crippen molar-refractivity contribution in [1.82, 2.24) is 10.2 Å². The van der Waals surface area contributed by atoms with E-state index in [1.807, 2.05) is 24.1 Å². The number of halogens is 1. The van der Waals surface area contributed by atoms with Crippen molar-refractivity contribution in [3.63, 3.8) is 0 Å². The summed E-state index contributed by atoms with van der Waals surface area (Å²) in [6.45, 7) is 3.54. The molecule has 104 valence electrons. The number of hydrogen-bond donors (Lipinski definition) is 1. The van der Waals surface area contributed by atoms with Crippen LogP contribution in [0, 0.1) is 5.82 Å². The zero-order valence-corrected chi connectivity index (χ0v) is 11.5. The van der Waals surface area contributed by atoms with Crippen molar-refractivity contribution < 1.29 is 9.18 Å². The molecule has 19 heavy (non-hydrogen) atoms. The second kappa shape index (κ2) is 6.15. The van der Waals surface area contributed by atoms with Crippen LogP contribution in [0.5, 0.6) is 0 Å². The highest BCUT2D eigenvalue weighted by molar-refractivity contribution is 5.77. The van der Waals surface area contributed by atoms with E-state index in [-0.39, 0.29) is 17.8 Å². The minimum absolute atomic E-state index is 0.200. The molecule has 1 amide bonds. The lowest BCUT2D eigenvalue weighted by Gasteiger charge is -2.21. The zero-order chi connectivity index (χ0) is 13.8. The van der Waals surface area contributed by atoms with E-state index in [2.05, 4.69) is 12.2 Å². The molecule has 0 aromatic heterocycles. The van der Waals surface area contributed by atoms with Gasteiger partial charge in [-0.3, -0.25) is 4.79 Å². The van der Waals surface area contributed by atoms with Gasteiger partial charge in [0.25, 0.3) is 0 Å². The second-order valence-corrected chi connectivity index (χ2v) is 5.23. The van der Waals surface area contributed by atoms with Gasteiger partial charge in [0.2, 0.25) is 5.91 Å². The Bertz CT molecular complexity index is 432. The van der Waals surface area contributed by atoms with Crippen molar-refractivity contribution in [2.45, 2.75) is 31.7 Å². The van der Waals surface area contributed by atoms with Crippen LogP contribution in [0.1, 0.15) is 31.2 Å². The van der Waals surface area contributed by atoms with E-state index in [4.69, 9.17) is 0 Å².